The smallest absolute Gasteiger partial charge is 0.162 e. The molecule has 0 radical (unpaired) electrons. The SMILES string of the molecule is [NH3+][C@@H](Cc1cccc(F)c1F)C(=O)[O-]. The van der Waals surface area contributed by atoms with Crippen molar-refractivity contribution in [1.29, 1.82) is 0 Å². The number of benzene rings is 1. The first-order valence-corrected chi connectivity index (χ1v) is 3.99. The Morgan fingerprint density at radius 3 is 2.71 bits per heavy atom. The van der Waals surface area contributed by atoms with E-state index in [1.165, 1.54) is 12.1 Å². The van der Waals surface area contributed by atoms with Crippen LogP contribution in [-0.2, 0) is 11.2 Å². The molecule has 0 unspecified atom stereocenters. The van der Waals surface area contributed by atoms with Crippen molar-refractivity contribution in [1.82, 2.24) is 0 Å². The fourth-order valence-corrected chi connectivity index (χ4v) is 1.05. The van der Waals surface area contributed by atoms with Crippen molar-refractivity contribution >= 4 is 5.97 Å². The summed E-state index contributed by atoms with van der Waals surface area (Å²) in [5, 5.41) is 10.3. The van der Waals surface area contributed by atoms with E-state index >= 15 is 0 Å². The molecule has 0 aliphatic heterocycles. The highest BCUT2D eigenvalue weighted by Crippen LogP contribution is 2.12. The van der Waals surface area contributed by atoms with E-state index in [1.807, 2.05) is 0 Å². The van der Waals surface area contributed by atoms with Crippen LogP contribution < -0.4 is 10.8 Å². The normalized spacial score (nSPS) is 12.5. The summed E-state index contributed by atoms with van der Waals surface area (Å²) in [6.07, 6.45) is -0.175. The van der Waals surface area contributed by atoms with Crippen LogP contribution in [0.3, 0.4) is 0 Å². The third-order valence-corrected chi connectivity index (χ3v) is 1.83. The number of carboxylic acid groups (broad SMARTS) is 1. The Morgan fingerprint density at radius 2 is 2.14 bits per heavy atom. The molecule has 1 aromatic carbocycles. The van der Waals surface area contributed by atoms with E-state index in [9.17, 15) is 18.7 Å². The monoisotopic (exact) mass is 201 g/mol. The van der Waals surface area contributed by atoms with Crippen LogP contribution in [-0.4, -0.2) is 12.0 Å². The number of carbonyl (C=O) groups is 1. The van der Waals surface area contributed by atoms with E-state index in [0.717, 1.165) is 6.07 Å². The van der Waals surface area contributed by atoms with Crippen molar-refractivity contribution in [2.75, 3.05) is 0 Å². The zero-order valence-corrected chi connectivity index (χ0v) is 7.30. The lowest BCUT2D eigenvalue weighted by Crippen LogP contribution is -2.69. The molecule has 0 bridgehead atoms. The molecule has 14 heavy (non-hydrogen) atoms. The average molecular weight is 201 g/mol. The van der Waals surface area contributed by atoms with E-state index in [0.29, 0.717) is 0 Å². The predicted molar refractivity (Wildman–Crippen MR) is 41.7 cm³/mol. The van der Waals surface area contributed by atoms with Crippen LogP contribution in [0.2, 0.25) is 0 Å². The van der Waals surface area contributed by atoms with Gasteiger partial charge in [-0.05, 0) is 11.6 Å². The quantitative estimate of drug-likeness (QED) is 0.672. The van der Waals surface area contributed by atoms with Crippen LogP contribution >= 0.6 is 0 Å². The molecule has 0 aliphatic carbocycles. The molecule has 3 N–H and O–H groups in total. The highest BCUT2D eigenvalue weighted by molar-refractivity contribution is 5.69. The van der Waals surface area contributed by atoms with Gasteiger partial charge < -0.3 is 15.6 Å². The molecule has 76 valence electrons. The number of halogens is 2. The van der Waals surface area contributed by atoms with Gasteiger partial charge in [0.15, 0.2) is 11.6 Å². The summed E-state index contributed by atoms with van der Waals surface area (Å²) in [4.78, 5) is 10.3. The van der Waals surface area contributed by atoms with Gasteiger partial charge in [0.2, 0.25) is 0 Å². The van der Waals surface area contributed by atoms with E-state index in [-0.39, 0.29) is 12.0 Å². The molecular weight excluding hydrogens is 192 g/mol. The molecule has 1 atom stereocenters. The second-order valence-corrected chi connectivity index (χ2v) is 2.93. The second-order valence-electron chi connectivity index (χ2n) is 2.93. The predicted octanol–water partition coefficient (Wildman–Crippen LogP) is -1.13. The third kappa shape index (κ3) is 2.26. The average Bonchev–Trinajstić information content (AvgIpc) is 2.12. The Balaban J connectivity index is 2.87. The van der Waals surface area contributed by atoms with Crippen LogP contribution in [0.5, 0.6) is 0 Å². The van der Waals surface area contributed by atoms with E-state index in [1.54, 1.807) is 0 Å². The van der Waals surface area contributed by atoms with Crippen LogP contribution in [0.25, 0.3) is 0 Å². The third-order valence-electron chi connectivity index (χ3n) is 1.83. The summed E-state index contributed by atoms with van der Waals surface area (Å²) in [7, 11) is 0. The number of carboxylic acids is 1. The van der Waals surface area contributed by atoms with Gasteiger partial charge in [-0.1, -0.05) is 12.1 Å². The molecule has 0 spiro atoms. The van der Waals surface area contributed by atoms with Crippen molar-refractivity contribution in [2.45, 2.75) is 12.5 Å². The number of aliphatic carboxylic acids is 1. The summed E-state index contributed by atoms with van der Waals surface area (Å²) in [6.45, 7) is 0. The van der Waals surface area contributed by atoms with Gasteiger partial charge in [0.25, 0.3) is 0 Å². The van der Waals surface area contributed by atoms with Gasteiger partial charge in [-0.3, -0.25) is 0 Å². The highest BCUT2D eigenvalue weighted by atomic mass is 19.2. The van der Waals surface area contributed by atoms with Crippen molar-refractivity contribution < 1.29 is 24.4 Å². The van der Waals surface area contributed by atoms with Crippen LogP contribution in [0, 0.1) is 11.6 Å². The molecule has 0 amide bonds. The van der Waals surface area contributed by atoms with Crippen LogP contribution in [0.1, 0.15) is 5.56 Å². The van der Waals surface area contributed by atoms with Gasteiger partial charge in [-0.2, -0.15) is 0 Å². The Kier molecular flexibility index (Phi) is 3.14. The Bertz CT molecular complexity index is 355. The zero-order valence-electron chi connectivity index (χ0n) is 7.30. The number of rotatable bonds is 3. The minimum absolute atomic E-state index is 0.00537. The summed E-state index contributed by atoms with van der Waals surface area (Å²) in [6, 6.07) is 2.52. The van der Waals surface area contributed by atoms with E-state index in [2.05, 4.69) is 5.73 Å². The van der Waals surface area contributed by atoms with Gasteiger partial charge in [-0.15, -0.1) is 0 Å². The minimum Gasteiger partial charge on any atom is -0.544 e. The second kappa shape index (κ2) is 4.15. The lowest BCUT2D eigenvalue weighted by molar-refractivity contribution is -0.437. The molecule has 0 saturated heterocycles. The largest absolute Gasteiger partial charge is 0.544 e. The number of hydrogen-bond acceptors (Lipinski definition) is 2. The molecule has 3 nitrogen and oxygen atoms in total. The summed E-state index contributed by atoms with van der Waals surface area (Å²) >= 11 is 0. The fourth-order valence-electron chi connectivity index (χ4n) is 1.05. The first-order chi connectivity index (χ1) is 6.52. The van der Waals surface area contributed by atoms with Crippen molar-refractivity contribution in [3.8, 4) is 0 Å². The summed E-state index contributed by atoms with van der Waals surface area (Å²) in [5.74, 6) is -3.40. The maximum Gasteiger partial charge on any atom is 0.162 e. The molecule has 1 aromatic rings. The molecule has 1 rings (SSSR count). The molecule has 0 aliphatic rings. The van der Waals surface area contributed by atoms with Crippen molar-refractivity contribution in [2.24, 2.45) is 0 Å². The lowest BCUT2D eigenvalue weighted by atomic mass is 10.1. The number of quaternary nitrogens is 1. The van der Waals surface area contributed by atoms with Gasteiger partial charge >= 0.3 is 0 Å². The Hall–Kier alpha value is -1.49. The zero-order chi connectivity index (χ0) is 10.7. The maximum absolute atomic E-state index is 13.0. The fraction of sp³-hybridized carbons (Fsp3) is 0.222. The molecular formula is C9H9F2NO2. The van der Waals surface area contributed by atoms with Gasteiger partial charge in [0.05, 0.1) is 5.97 Å². The highest BCUT2D eigenvalue weighted by Gasteiger charge is 2.14. The van der Waals surface area contributed by atoms with E-state index < -0.39 is 23.6 Å². The standard InChI is InChI=1S/C9H9F2NO2/c10-6-3-1-2-5(8(6)11)4-7(12)9(13)14/h1-3,7H,4,12H2,(H,13,14)/t7-/m0/s1. The lowest BCUT2D eigenvalue weighted by Gasteiger charge is -2.09. The van der Waals surface area contributed by atoms with Gasteiger partial charge in [0, 0.05) is 6.42 Å². The minimum atomic E-state index is -1.38. The molecule has 0 aromatic heterocycles. The summed E-state index contributed by atoms with van der Waals surface area (Å²) < 4.78 is 25.7. The molecule has 0 saturated carbocycles. The topological polar surface area (TPSA) is 67.8 Å². The summed E-state index contributed by atoms with van der Waals surface area (Å²) in [5.41, 5.74) is 3.25. The number of carbonyl (C=O) groups excluding carboxylic acids is 1. The number of hydrogen-bond donors (Lipinski definition) is 1. The van der Waals surface area contributed by atoms with Crippen LogP contribution in [0.15, 0.2) is 18.2 Å². The maximum atomic E-state index is 13.0. The van der Waals surface area contributed by atoms with Crippen LogP contribution in [0.4, 0.5) is 8.78 Å². The first kappa shape index (κ1) is 10.6. The Labute approximate surface area is 79.2 Å². The van der Waals surface area contributed by atoms with Gasteiger partial charge in [-0.25, -0.2) is 8.78 Å². The Morgan fingerprint density at radius 1 is 1.50 bits per heavy atom. The van der Waals surface area contributed by atoms with Crippen molar-refractivity contribution in [3.63, 3.8) is 0 Å². The molecule has 0 heterocycles. The van der Waals surface area contributed by atoms with Gasteiger partial charge in [0.1, 0.15) is 6.04 Å². The molecule has 5 heteroatoms. The molecule has 0 fully saturated rings. The van der Waals surface area contributed by atoms with E-state index in [4.69, 9.17) is 0 Å². The van der Waals surface area contributed by atoms with Crippen molar-refractivity contribution in [3.05, 3.63) is 35.4 Å². The first-order valence-electron chi connectivity index (χ1n) is 3.99.